The molecule has 0 bridgehead atoms. The first-order chi connectivity index (χ1) is 16.0. The predicted molar refractivity (Wildman–Crippen MR) is 129 cm³/mol. The number of rotatable bonds is 10. The van der Waals surface area contributed by atoms with Gasteiger partial charge in [0.2, 0.25) is 5.78 Å². The maximum atomic E-state index is 12.8. The number of hydrogen-bond donors (Lipinski definition) is 3. The monoisotopic (exact) mass is 441 g/mol. The lowest BCUT2D eigenvalue weighted by Crippen LogP contribution is -2.10. The van der Waals surface area contributed by atoms with Gasteiger partial charge >= 0.3 is 0 Å². The lowest BCUT2D eigenvalue weighted by Gasteiger charge is -2.11. The normalized spacial score (nSPS) is 12.7. The van der Waals surface area contributed by atoms with Crippen LogP contribution in [0.5, 0.6) is 5.75 Å². The van der Waals surface area contributed by atoms with Crippen LogP contribution < -0.4 is 16.2 Å². The molecule has 0 aliphatic rings. The molecule has 0 aliphatic heterocycles. The minimum atomic E-state index is -0.241. The van der Waals surface area contributed by atoms with E-state index in [9.17, 15) is 4.79 Å². The van der Waals surface area contributed by atoms with Gasteiger partial charge in [-0.15, -0.1) is 0 Å². The van der Waals surface area contributed by atoms with Crippen LogP contribution in [0.4, 0.5) is 0 Å². The Hall–Kier alpha value is -4.85. The average Bonchev–Trinajstić information content (AvgIpc) is 3.28. The largest absolute Gasteiger partial charge is 0.436 e. The van der Waals surface area contributed by atoms with Crippen LogP contribution in [0, 0.1) is 0 Å². The molecule has 0 amide bonds. The Labute approximate surface area is 190 Å². The Kier molecular flexibility index (Phi) is 7.58. The number of nitrogens with zero attached hydrogens (tertiary/aromatic N) is 2. The van der Waals surface area contributed by atoms with Crippen LogP contribution in [-0.2, 0) is 4.74 Å². The first-order valence-electron chi connectivity index (χ1n) is 9.86. The Morgan fingerprint density at radius 3 is 2.55 bits per heavy atom. The topological polar surface area (TPSA) is 129 Å². The summed E-state index contributed by atoms with van der Waals surface area (Å²) in [6, 6.07) is 13.9. The molecule has 0 unspecified atom stereocenters. The highest BCUT2D eigenvalue weighted by Crippen LogP contribution is 2.20. The van der Waals surface area contributed by atoms with Gasteiger partial charge in [0.1, 0.15) is 11.5 Å². The summed E-state index contributed by atoms with van der Waals surface area (Å²) in [6.07, 6.45) is 8.81. The van der Waals surface area contributed by atoms with E-state index in [1.807, 2.05) is 24.3 Å². The number of H-pyrrole nitrogens is 1. The molecule has 8 nitrogen and oxygen atoms in total. The van der Waals surface area contributed by atoms with Crippen molar-refractivity contribution in [3.63, 3.8) is 0 Å². The highest BCUT2D eigenvalue weighted by atomic mass is 16.5. The van der Waals surface area contributed by atoms with Crippen molar-refractivity contribution in [1.82, 2.24) is 9.97 Å². The second-order valence-electron chi connectivity index (χ2n) is 6.50. The lowest BCUT2D eigenvalue weighted by atomic mass is 10.1. The molecule has 0 fully saturated rings. The first kappa shape index (κ1) is 22.8. The minimum Gasteiger partial charge on any atom is -0.436 e. The third-order valence-electron chi connectivity index (χ3n) is 4.24. The summed E-state index contributed by atoms with van der Waals surface area (Å²) in [4.78, 5) is 24.3. The molecule has 166 valence electrons. The fourth-order valence-corrected chi connectivity index (χ4v) is 2.71. The van der Waals surface area contributed by atoms with Gasteiger partial charge in [-0.25, -0.2) is 9.98 Å². The van der Waals surface area contributed by atoms with Gasteiger partial charge in [-0.2, -0.15) is 0 Å². The Balaban J connectivity index is 1.81. The van der Waals surface area contributed by atoms with Crippen molar-refractivity contribution in [3.05, 3.63) is 121 Å². The van der Waals surface area contributed by atoms with Gasteiger partial charge in [-0.1, -0.05) is 31.4 Å². The van der Waals surface area contributed by atoms with Crippen molar-refractivity contribution in [1.29, 1.82) is 0 Å². The fraction of sp³-hybridized carbons (Fsp3) is 0. The van der Waals surface area contributed by atoms with Crippen molar-refractivity contribution in [2.75, 3.05) is 0 Å². The number of nitrogens with one attached hydrogen (secondary N) is 1. The average molecular weight is 441 g/mol. The van der Waals surface area contributed by atoms with Gasteiger partial charge in [0.15, 0.2) is 5.82 Å². The van der Waals surface area contributed by atoms with E-state index < -0.39 is 0 Å². The fourth-order valence-electron chi connectivity index (χ4n) is 2.71. The molecular weight excluding hydrogens is 418 g/mol. The summed E-state index contributed by atoms with van der Waals surface area (Å²) in [5, 5.41) is 0. The maximum Gasteiger partial charge on any atom is 0.281 e. The molecule has 1 aromatic heterocycles. The number of carbonyl (C=O) groups excluding carboxylic acids is 1. The van der Waals surface area contributed by atoms with Crippen LogP contribution >= 0.6 is 0 Å². The number of nitrogens with two attached hydrogens (primary N) is 2. The van der Waals surface area contributed by atoms with Gasteiger partial charge in [0.25, 0.3) is 11.8 Å². The van der Waals surface area contributed by atoms with Crippen LogP contribution in [-0.4, -0.2) is 22.0 Å². The standard InChI is InChI=1S/C25H23N5O3/c1-3-16-28-25(23(27)32-18(4-2)8-7-15-26)33-19-13-11-17(12-14-19)22(31)24-29-20-9-5-6-10-21(20)30-24/h3-16H,1-2,26-27H2,(H,29,30)/b15-7-,18-8+,25-23-,28-16?. The number of allylic oxidation sites excluding steroid dienone is 4. The third-order valence-corrected chi connectivity index (χ3v) is 4.24. The number of benzene rings is 2. The summed E-state index contributed by atoms with van der Waals surface area (Å²) >= 11 is 0. The second-order valence-corrected chi connectivity index (χ2v) is 6.50. The number of fused-ring (bicyclic) bond motifs is 1. The highest BCUT2D eigenvalue weighted by molar-refractivity contribution is 6.08. The number of carbonyl (C=O) groups is 1. The van der Waals surface area contributed by atoms with Gasteiger partial charge in [-0.05, 0) is 60.8 Å². The number of aliphatic imine (C=N–C) groups is 1. The number of para-hydroxylation sites is 2. The zero-order valence-electron chi connectivity index (χ0n) is 17.8. The zero-order chi connectivity index (χ0) is 23.6. The molecule has 33 heavy (non-hydrogen) atoms. The maximum absolute atomic E-state index is 12.8. The van der Waals surface area contributed by atoms with Crippen molar-refractivity contribution >= 4 is 23.0 Å². The molecular formula is C25H23N5O3. The molecule has 3 rings (SSSR count). The van der Waals surface area contributed by atoms with E-state index in [1.54, 1.807) is 36.4 Å². The number of aromatic nitrogens is 2. The van der Waals surface area contributed by atoms with Crippen LogP contribution in [0.3, 0.4) is 0 Å². The van der Waals surface area contributed by atoms with Crippen LogP contribution in [0.25, 0.3) is 11.0 Å². The molecule has 0 aliphatic carbocycles. The minimum absolute atomic E-state index is 0.00395. The lowest BCUT2D eigenvalue weighted by molar-refractivity contribution is 0.103. The predicted octanol–water partition coefficient (Wildman–Crippen LogP) is 4.07. The molecule has 1 heterocycles. The van der Waals surface area contributed by atoms with Gasteiger partial charge in [0.05, 0.1) is 11.0 Å². The third kappa shape index (κ3) is 5.86. The van der Waals surface area contributed by atoms with Crippen molar-refractivity contribution in [2.45, 2.75) is 0 Å². The molecule has 0 radical (unpaired) electrons. The number of hydrogen-bond acceptors (Lipinski definition) is 7. The Bertz CT molecular complexity index is 1250. The van der Waals surface area contributed by atoms with E-state index in [4.69, 9.17) is 20.9 Å². The van der Waals surface area contributed by atoms with Gasteiger partial charge in [0, 0.05) is 11.8 Å². The Morgan fingerprint density at radius 1 is 1.12 bits per heavy atom. The summed E-state index contributed by atoms with van der Waals surface area (Å²) < 4.78 is 11.3. The second kappa shape index (κ2) is 11.0. The van der Waals surface area contributed by atoms with E-state index in [0.717, 1.165) is 11.0 Å². The van der Waals surface area contributed by atoms with E-state index in [1.165, 1.54) is 24.6 Å². The molecule has 0 saturated carbocycles. The Morgan fingerprint density at radius 2 is 1.88 bits per heavy atom. The quantitative estimate of drug-likeness (QED) is 0.188. The molecule has 2 aromatic carbocycles. The van der Waals surface area contributed by atoms with Crippen molar-refractivity contribution in [2.24, 2.45) is 16.5 Å². The zero-order valence-corrected chi connectivity index (χ0v) is 17.8. The summed E-state index contributed by atoms with van der Waals surface area (Å²) in [5.41, 5.74) is 13.3. The highest BCUT2D eigenvalue weighted by Gasteiger charge is 2.15. The van der Waals surface area contributed by atoms with Crippen LogP contribution in [0.2, 0.25) is 0 Å². The molecule has 8 heteroatoms. The van der Waals surface area contributed by atoms with Crippen LogP contribution in [0.15, 0.2) is 115 Å². The smallest absolute Gasteiger partial charge is 0.281 e. The molecule has 3 aromatic rings. The molecule has 0 spiro atoms. The number of imidazole rings is 1. The molecule has 0 saturated heterocycles. The van der Waals surface area contributed by atoms with E-state index >= 15 is 0 Å². The SMILES string of the molecule is C=CC=N/C(Oc1ccc(C(=O)c2nc3ccccc3[nH]2)cc1)=C(\N)O/C(C=C)=C/C=C\N. The summed E-state index contributed by atoms with van der Waals surface area (Å²) in [6.45, 7) is 7.24. The summed E-state index contributed by atoms with van der Waals surface area (Å²) in [7, 11) is 0. The van der Waals surface area contributed by atoms with Crippen molar-refractivity contribution < 1.29 is 14.3 Å². The van der Waals surface area contributed by atoms with E-state index in [0.29, 0.717) is 17.1 Å². The summed E-state index contributed by atoms with van der Waals surface area (Å²) in [5.74, 6) is 0.646. The molecule has 0 atom stereocenters. The van der Waals surface area contributed by atoms with Gasteiger partial charge in [-0.3, -0.25) is 4.79 Å². The number of aromatic amines is 1. The van der Waals surface area contributed by atoms with Gasteiger partial charge < -0.3 is 25.9 Å². The van der Waals surface area contributed by atoms with E-state index in [-0.39, 0.29) is 23.4 Å². The number of ketones is 1. The van der Waals surface area contributed by atoms with Crippen molar-refractivity contribution in [3.8, 4) is 5.75 Å². The molecule has 5 N–H and O–H groups in total. The number of ether oxygens (including phenoxy) is 2. The first-order valence-corrected chi connectivity index (χ1v) is 9.86. The van der Waals surface area contributed by atoms with E-state index in [2.05, 4.69) is 28.1 Å². The van der Waals surface area contributed by atoms with Crippen LogP contribution in [0.1, 0.15) is 16.2 Å².